The zero-order chi connectivity index (χ0) is 39.6. The molecule has 1 spiro atoms. The number of hydrogen-bond acceptors (Lipinski definition) is 13. The Bertz CT molecular complexity index is 1860. The molecule has 1 aromatic carbocycles. The molecule has 2 aliphatic heterocycles. The van der Waals surface area contributed by atoms with E-state index in [2.05, 4.69) is 20.9 Å². The molecule has 17 heteroatoms. The van der Waals surface area contributed by atoms with Crippen molar-refractivity contribution < 1.29 is 47.6 Å². The van der Waals surface area contributed by atoms with Crippen molar-refractivity contribution in [3.8, 4) is 0 Å². The number of nitrogens with zero attached hydrogens (tertiary/aromatic N) is 1. The second-order valence-electron chi connectivity index (χ2n) is 13.4. The number of nitrogens with one attached hydrogen (secondary N) is 3. The molecule has 4 N–H and O–H groups in total. The average molecular weight is 801 g/mol. The van der Waals surface area contributed by atoms with Crippen molar-refractivity contribution in [3.05, 3.63) is 81.9 Å². The Kier molecular flexibility index (Phi) is 14.7. The predicted octanol–water partition coefficient (Wildman–Crippen LogP) is 3.99. The fourth-order valence-electron chi connectivity index (χ4n) is 5.61. The van der Waals surface area contributed by atoms with Crippen LogP contribution in [0, 0.1) is 5.92 Å². The van der Waals surface area contributed by atoms with Crippen LogP contribution in [-0.4, -0.2) is 78.1 Å². The van der Waals surface area contributed by atoms with Crippen molar-refractivity contribution in [2.75, 3.05) is 6.54 Å². The van der Waals surface area contributed by atoms with Gasteiger partial charge in [-0.3, -0.25) is 24.0 Å². The highest BCUT2D eigenvalue weighted by molar-refractivity contribution is 8.76. The molecule has 14 nitrogen and oxygen atoms in total. The van der Waals surface area contributed by atoms with Gasteiger partial charge in [0, 0.05) is 22.6 Å². The monoisotopic (exact) mass is 800 g/mol. The van der Waals surface area contributed by atoms with Crippen LogP contribution in [0.15, 0.2) is 65.6 Å². The van der Waals surface area contributed by atoms with Crippen LogP contribution in [0.25, 0.3) is 6.08 Å². The van der Waals surface area contributed by atoms with Crippen LogP contribution in [0.3, 0.4) is 0 Å². The van der Waals surface area contributed by atoms with Crippen LogP contribution in [0.2, 0.25) is 0 Å². The molecule has 3 heterocycles. The summed E-state index contributed by atoms with van der Waals surface area (Å²) in [6.07, 6.45) is 4.54. The summed E-state index contributed by atoms with van der Waals surface area (Å²) in [6, 6.07) is 7.42. The SMILES string of the molecule is C/C1=C\[C@@H](OC(=O)CNC(=O)[C@H](NC(=O)OCc2ccccc2)C(C)C)C(=O)/C=C/C=C\c2csc(n2)[C@H](C)NC(=O)C[C@@]2(CC1)S(=O)SC(=O)[C@]2(C)O. The van der Waals surface area contributed by atoms with Gasteiger partial charge in [-0.15, -0.1) is 11.3 Å². The summed E-state index contributed by atoms with van der Waals surface area (Å²) in [5.41, 5.74) is -0.324. The predicted molar refractivity (Wildman–Crippen MR) is 205 cm³/mol. The number of benzene rings is 1. The molecule has 3 amide bonds. The molecular weight excluding hydrogens is 757 g/mol. The third-order valence-electron chi connectivity index (χ3n) is 8.87. The quantitative estimate of drug-likeness (QED) is 0.170. The van der Waals surface area contributed by atoms with Crippen molar-refractivity contribution >= 4 is 72.8 Å². The normalized spacial score (nSPS) is 27.8. The van der Waals surface area contributed by atoms with E-state index in [1.807, 2.05) is 6.07 Å². The number of hydrogen-bond donors (Lipinski definition) is 4. The number of alkyl carbamates (subject to hydrolysis) is 1. The first-order chi connectivity index (χ1) is 25.5. The number of rotatable bonds is 8. The highest BCUT2D eigenvalue weighted by atomic mass is 33.1. The van der Waals surface area contributed by atoms with E-state index >= 15 is 0 Å². The topological polar surface area (TPSA) is 207 Å². The molecule has 4 rings (SSSR count). The molecule has 2 aromatic rings. The summed E-state index contributed by atoms with van der Waals surface area (Å²) < 4.78 is 22.5. The van der Waals surface area contributed by atoms with Gasteiger partial charge in [0.05, 0.1) is 21.6 Å². The number of fused-ring (bicyclic) bond motifs is 2. The van der Waals surface area contributed by atoms with Crippen molar-refractivity contribution in [1.29, 1.82) is 0 Å². The largest absolute Gasteiger partial charge is 0.448 e. The fourth-order valence-corrected chi connectivity index (χ4v) is 10.3. The molecule has 0 aliphatic carbocycles. The van der Waals surface area contributed by atoms with Gasteiger partial charge in [-0.2, -0.15) is 0 Å². The van der Waals surface area contributed by atoms with E-state index in [9.17, 15) is 38.1 Å². The van der Waals surface area contributed by atoms with Gasteiger partial charge < -0.3 is 30.5 Å². The van der Waals surface area contributed by atoms with Gasteiger partial charge in [0.25, 0.3) is 0 Å². The summed E-state index contributed by atoms with van der Waals surface area (Å²) in [5, 5.41) is 20.7. The van der Waals surface area contributed by atoms with Crippen LogP contribution < -0.4 is 16.0 Å². The van der Waals surface area contributed by atoms with Crippen molar-refractivity contribution in [2.24, 2.45) is 5.92 Å². The van der Waals surface area contributed by atoms with Crippen LogP contribution >= 0.6 is 22.1 Å². The van der Waals surface area contributed by atoms with Gasteiger partial charge >= 0.3 is 12.1 Å². The smallest absolute Gasteiger partial charge is 0.408 e. The van der Waals surface area contributed by atoms with Crippen LogP contribution in [0.5, 0.6) is 0 Å². The van der Waals surface area contributed by atoms with Gasteiger partial charge in [0.15, 0.2) is 11.9 Å². The fraction of sp³-hybridized carbons (Fsp3) is 0.432. The maximum atomic E-state index is 13.4. The Morgan fingerprint density at radius 3 is 2.50 bits per heavy atom. The number of carbonyl (C=O) groups is 6. The Hall–Kier alpha value is -4.45. The van der Waals surface area contributed by atoms with Crippen LogP contribution in [0.4, 0.5) is 4.79 Å². The summed E-state index contributed by atoms with van der Waals surface area (Å²) in [4.78, 5) is 82.5. The number of amides is 3. The molecule has 1 saturated heterocycles. The van der Waals surface area contributed by atoms with E-state index in [1.165, 1.54) is 36.5 Å². The lowest BCUT2D eigenvalue weighted by atomic mass is 9.81. The van der Waals surface area contributed by atoms with Gasteiger partial charge in [0.1, 0.15) is 34.5 Å². The van der Waals surface area contributed by atoms with Gasteiger partial charge in [-0.25, -0.2) is 14.0 Å². The van der Waals surface area contributed by atoms with Gasteiger partial charge in [-0.05, 0) is 63.3 Å². The van der Waals surface area contributed by atoms with E-state index < -0.39 is 86.1 Å². The molecule has 1 aromatic heterocycles. The van der Waals surface area contributed by atoms with E-state index in [0.29, 0.717) is 27.1 Å². The molecule has 1 fully saturated rings. The zero-order valence-corrected chi connectivity index (χ0v) is 32.9. The number of aromatic nitrogens is 1. The number of aliphatic hydroxyl groups is 1. The highest BCUT2D eigenvalue weighted by Gasteiger charge is 2.63. The molecule has 54 heavy (non-hydrogen) atoms. The summed E-state index contributed by atoms with van der Waals surface area (Å²) in [5.74, 6) is -3.16. The molecule has 6 atom stereocenters. The second-order valence-corrected chi connectivity index (χ2v) is 17.5. The highest BCUT2D eigenvalue weighted by Crippen LogP contribution is 2.50. The van der Waals surface area contributed by atoms with Crippen molar-refractivity contribution in [2.45, 2.75) is 89.0 Å². The summed E-state index contributed by atoms with van der Waals surface area (Å²) >= 11 is 1.29. The third kappa shape index (κ3) is 10.8. The van der Waals surface area contributed by atoms with Crippen molar-refractivity contribution in [3.63, 3.8) is 0 Å². The first-order valence-corrected chi connectivity index (χ1v) is 20.5. The second kappa shape index (κ2) is 18.7. The third-order valence-corrected chi connectivity index (χ3v) is 13.9. The molecule has 2 bridgehead atoms. The van der Waals surface area contributed by atoms with E-state index in [1.54, 1.807) is 69.5 Å². The Balaban J connectivity index is 1.51. The Morgan fingerprint density at radius 2 is 1.83 bits per heavy atom. The van der Waals surface area contributed by atoms with Crippen LogP contribution in [-0.2, 0) is 49.9 Å². The Morgan fingerprint density at radius 1 is 1.13 bits per heavy atom. The van der Waals surface area contributed by atoms with E-state index in [0.717, 1.165) is 5.56 Å². The number of thiazole rings is 1. The van der Waals surface area contributed by atoms with E-state index in [-0.39, 0.29) is 25.4 Å². The average Bonchev–Trinajstić information content (AvgIpc) is 3.66. The first kappa shape index (κ1) is 42.3. The lowest BCUT2D eigenvalue weighted by Gasteiger charge is -2.36. The standard InChI is InChI=1S/C37H44N4O10S3/c1-22(2)31(41-35(47)50-20-25-11-7-6-8-12-25)32(45)38-19-30(44)51-28-17-23(3)15-16-37(36(5,48)34(46)53-54(37)49)18-29(43)39-24(4)33-40-26(21-52-33)13-9-10-14-27(28)42/h6-14,17,21-22,24,28,31,48H,15-16,18-20H2,1-5H3,(H,38,45)(H,39,43)(H,41,47)/b13-9-,14-10+,23-17+/t24-,28+,31+,36-,37+,54?/m0/s1. The molecular formula is C37H44N4O10S3. The minimum absolute atomic E-state index is 0.00627. The van der Waals surface area contributed by atoms with E-state index in [4.69, 9.17) is 9.47 Å². The van der Waals surface area contributed by atoms with Crippen molar-refractivity contribution in [1.82, 2.24) is 20.9 Å². The molecule has 0 saturated carbocycles. The lowest BCUT2D eigenvalue weighted by molar-refractivity contribution is -0.151. The molecule has 2 aliphatic rings. The maximum Gasteiger partial charge on any atom is 0.408 e. The Labute approximate surface area is 323 Å². The number of carbonyl (C=O) groups excluding carboxylic acids is 6. The molecule has 290 valence electrons. The number of ketones is 1. The summed E-state index contributed by atoms with van der Waals surface area (Å²) in [6.45, 7) is 7.38. The van der Waals surface area contributed by atoms with Gasteiger partial charge in [-0.1, -0.05) is 61.9 Å². The number of allylic oxidation sites excluding steroid dienone is 3. The van der Waals surface area contributed by atoms with Gasteiger partial charge in [0.2, 0.25) is 16.9 Å². The molecule has 1 unspecified atom stereocenters. The molecule has 0 radical (unpaired) electrons. The van der Waals surface area contributed by atoms with Crippen LogP contribution in [0.1, 0.15) is 76.2 Å². The maximum absolute atomic E-state index is 13.4. The lowest BCUT2D eigenvalue weighted by Crippen LogP contribution is -2.55. The summed E-state index contributed by atoms with van der Waals surface area (Å²) in [7, 11) is -1.52. The first-order valence-electron chi connectivity index (χ1n) is 17.1. The number of esters is 1. The minimum atomic E-state index is -2.12. The zero-order valence-electron chi connectivity index (χ0n) is 30.5. The number of ether oxygens (including phenoxy) is 2. The minimum Gasteiger partial charge on any atom is -0.448 e.